The standard InChI is InChI=1S/C74H139NO13/c1-3-5-7-9-11-13-15-17-19-21-23-25-27-29-30-31-32-34-35-37-39-41-43-45-47-49-51-53-55-57-63(78)62(61-85-73-71(84)69(82)72(65(60-77)87-73)88-74-70(83)68(81)67(80)64(59-76)86-74)75-66(79)58-56-54-52-50-48-46-44-42-40-38-36-33-28-26-24-22-20-18-16-14-12-10-8-6-4-2/h39,41,47,49,55,57,62-65,67-74,76-78,80-84H,3-38,40,42-46,48,50-54,56,58-61H2,1-2H3,(H,75,79)/b41-39+,49-47+,57-55+. The van der Waals surface area contributed by atoms with Crippen molar-refractivity contribution in [1.82, 2.24) is 5.32 Å². The molecule has 0 spiro atoms. The van der Waals surface area contributed by atoms with Crippen molar-refractivity contribution in [1.29, 1.82) is 0 Å². The Bertz CT molecular complexity index is 1620. The van der Waals surface area contributed by atoms with Crippen molar-refractivity contribution >= 4 is 5.91 Å². The molecule has 9 N–H and O–H groups in total. The third kappa shape index (κ3) is 42.4. The van der Waals surface area contributed by atoms with Crippen LogP contribution in [0.2, 0.25) is 0 Å². The first-order valence-electron chi connectivity index (χ1n) is 37.2. The Labute approximate surface area is 538 Å². The lowest BCUT2D eigenvalue weighted by atomic mass is 9.97. The van der Waals surface area contributed by atoms with Crippen LogP contribution in [0.15, 0.2) is 36.5 Å². The fraction of sp³-hybridized carbons (Fsp3) is 0.905. The van der Waals surface area contributed by atoms with E-state index in [1.165, 1.54) is 257 Å². The van der Waals surface area contributed by atoms with Crippen molar-refractivity contribution in [2.24, 2.45) is 0 Å². The number of aliphatic hydroxyl groups excluding tert-OH is 8. The minimum atomic E-state index is -1.79. The number of allylic oxidation sites excluding steroid dienone is 5. The van der Waals surface area contributed by atoms with E-state index in [9.17, 15) is 45.6 Å². The molecule has 2 heterocycles. The van der Waals surface area contributed by atoms with Gasteiger partial charge in [0.05, 0.1) is 32.0 Å². The molecule has 2 rings (SSSR count). The Hall–Kier alpha value is -1.79. The quantitative estimate of drug-likeness (QED) is 0.0204. The molecular weight excluding hydrogens is 1110 g/mol. The molecule has 2 saturated heterocycles. The minimum Gasteiger partial charge on any atom is -0.394 e. The summed E-state index contributed by atoms with van der Waals surface area (Å²) in [4.78, 5) is 13.3. The fourth-order valence-electron chi connectivity index (χ4n) is 12.4. The predicted molar refractivity (Wildman–Crippen MR) is 360 cm³/mol. The molecule has 2 fully saturated rings. The Morgan fingerprint density at radius 2 is 0.727 bits per heavy atom. The minimum absolute atomic E-state index is 0.246. The summed E-state index contributed by atoms with van der Waals surface area (Å²) in [5.74, 6) is -0.246. The van der Waals surface area contributed by atoms with Crippen LogP contribution >= 0.6 is 0 Å². The smallest absolute Gasteiger partial charge is 0.220 e. The van der Waals surface area contributed by atoms with Gasteiger partial charge in [-0.3, -0.25) is 4.79 Å². The number of hydrogen-bond donors (Lipinski definition) is 9. The van der Waals surface area contributed by atoms with Crippen molar-refractivity contribution in [3.8, 4) is 0 Å². The average molecular weight is 1250 g/mol. The van der Waals surface area contributed by atoms with E-state index in [4.69, 9.17) is 18.9 Å². The summed E-state index contributed by atoms with van der Waals surface area (Å²) in [5.41, 5.74) is 0. The number of hydrogen-bond acceptors (Lipinski definition) is 13. The van der Waals surface area contributed by atoms with E-state index in [-0.39, 0.29) is 18.9 Å². The molecule has 0 aromatic rings. The van der Waals surface area contributed by atoms with E-state index in [0.717, 1.165) is 44.9 Å². The van der Waals surface area contributed by atoms with Crippen LogP contribution in [0.5, 0.6) is 0 Å². The Balaban J connectivity index is 1.68. The number of nitrogens with one attached hydrogen (secondary N) is 1. The summed E-state index contributed by atoms with van der Waals surface area (Å²) in [6, 6.07) is -0.937. The topological polar surface area (TPSA) is 228 Å². The first kappa shape index (κ1) is 82.3. The second-order valence-electron chi connectivity index (χ2n) is 26.4. The molecule has 1 amide bonds. The molecule has 12 atom stereocenters. The second-order valence-corrected chi connectivity index (χ2v) is 26.4. The summed E-state index contributed by atoms with van der Waals surface area (Å²) < 4.78 is 22.9. The monoisotopic (exact) mass is 1250 g/mol. The van der Waals surface area contributed by atoms with Gasteiger partial charge in [0.1, 0.15) is 48.8 Å². The number of carbonyl (C=O) groups is 1. The number of unbranched alkanes of at least 4 members (excludes halogenated alkanes) is 45. The number of amides is 1. The number of rotatable bonds is 62. The molecule has 0 aromatic heterocycles. The van der Waals surface area contributed by atoms with Crippen molar-refractivity contribution in [2.45, 2.75) is 408 Å². The zero-order valence-electron chi connectivity index (χ0n) is 56.5. The molecule has 2 aliphatic rings. The Morgan fingerprint density at radius 1 is 0.398 bits per heavy atom. The van der Waals surface area contributed by atoms with Gasteiger partial charge in [-0.05, 0) is 44.9 Å². The molecular formula is C74H139NO13. The van der Waals surface area contributed by atoms with Crippen LogP contribution in [0, 0.1) is 0 Å². The summed E-state index contributed by atoms with van der Waals surface area (Å²) in [5, 5.41) is 87.5. The predicted octanol–water partition coefficient (Wildman–Crippen LogP) is 15.7. The van der Waals surface area contributed by atoms with Gasteiger partial charge in [-0.2, -0.15) is 0 Å². The Kier molecular flexibility index (Phi) is 55.2. The van der Waals surface area contributed by atoms with Gasteiger partial charge in [0.15, 0.2) is 12.6 Å². The van der Waals surface area contributed by atoms with Crippen molar-refractivity contribution in [2.75, 3.05) is 19.8 Å². The van der Waals surface area contributed by atoms with Crippen LogP contribution in [0.25, 0.3) is 0 Å². The molecule has 88 heavy (non-hydrogen) atoms. The van der Waals surface area contributed by atoms with E-state index in [1.807, 2.05) is 6.08 Å². The first-order valence-corrected chi connectivity index (χ1v) is 37.2. The van der Waals surface area contributed by atoms with Crippen molar-refractivity contribution in [3.05, 3.63) is 36.5 Å². The highest BCUT2D eigenvalue weighted by Gasteiger charge is 2.51. The third-order valence-electron chi connectivity index (χ3n) is 18.3. The molecule has 0 bridgehead atoms. The molecule has 0 radical (unpaired) electrons. The van der Waals surface area contributed by atoms with Crippen molar-refractivity contribution in [3.63, 3.8) is 0 Å². The largest absolute Gasteiger partial charge is 0.394 e. The number of ether oxygens (including phenoxy) is 4. The average Bonchev–Trinajstić information content (AvgIpc) is 2.02. The SMILES string of the molecule is CCCCCCCCCCCCCCCCCCCCC/C=C/CC/C=C/CC/C=C/C(O)C(COC1OC(CO)C(OC2OC(CO)C(O)C(O)C2O)C(O)C1O)NC(=O)CCCCCCCCCCCCCCCCCCCCCCCCCCC. The summed E-state index contributed by atoms with van der Waals surface area (Å²) in [7, 11) is 0. The van der Waals surface area contributed by atoms with Gasteiger partial charge in [-0.25, -0.2) is 0 Å². The van der Waals surface area contributed by atoms with Crippen LogP contribution in [-0.4, -0.2) is 140 Å². The van der Waals surface area contributed by atoms with E-state index in [1.54, 1.807) is 6.08 Å². The molecule has 12 unspecified atom stereocenters. The van der Waals surface area contributed by atoms with Crippen LogP contribution in [0.1, 0.15) is 335 Å². The van der Waals surface area contributed by atoms with Crippen LogP contribution in [0.3, 0.4) is 0 Å². The van der Waals surface area contributed by atoms with E-state index in [2.05, 4.69) is 43.5 Å². The zero-order valence-corrected chi connectivity index (χ0v) is 56.5. The van der Waals surface area contributed by atoms with Gasteiger partial charge in [0, 0.05) is 6.42 Å². The van der Waals surface area contributed by atoms with Gasteiger partial charge in [0.2, 0.25) is 5.91 Å². The van der Waals surface area contributed by atoms with Crippen molar-refractivity contribution < 1.29 is 64.6 Å². The van der Waals surface area contributed by atoms with Crippen LogP contribution in [-0.2, 0) is 23.7 Å². The highest BCUT2D eigenvalue weighted by atomic mass is 16.7. The maximum absolute atomic E-state index is 13.3. The van der Waals surface area contributed by atoms with Gasteiger partial charge >= 0.3 is 0 Å². The molecule has 2 aliphatic heterocycles. The molecule has 518 valence electrons. The molecule has 14 heteroatoms. The molecule has 14 nitrogen and oxygen atoms in total. The fourth-order valence-corrected chi connectivity index (χ4v) is 12.4. The van der Waals surface area contributed by atoms with E-state index in [0.29, 0.717) is 12.8 Å². The van der Waals surface area contributed by atoms with E-state index >= 15 is 0 Å². The summed E-state index contributed by atoms with van der Waals surface area (Å²) in [6.45, 7) is 2.83. The lowest BCUT2D eigenvalue weighted by Crippen LogP contribution is -2.65. The lowest BCUT2D eigenvalue weighted by molar-refractivity contribution is -0.359. The summed E-state index contributed by atoms with van der Waals surface area (Å²) in [6.07, 6.45) is 59.3. The van der Waals surface area contributed by atoms with Gasteiger partial charge in [-0.15, -0.1) is 0 Å². The Morgan fingerprint density at radius 3 is 1.11 bits per heavy atom. The molecule has 0 saturated carbocycles. The normalized spacial score (nSPS) is 23.3. The maximum atomic E-state index is 13.3. The van der Waals surface area contributed by atoms with E-state index < -0.39 is 86.8 Å². The number of carbonyl (C=O) groups excluding carboxylic acids is 1. The van der Waals surface area contributed by atoms with Gasteiger partial charge in [-0.1, -0.05) is 320 Å². The second kappa shape index (κ2) is 59.0. The molecule has 0 aromatic carbocycles. The molecule has 0 aliphatic carbocycles. The first-order chi connectivity index (χ1) is 43.1. The third-order valence-corrected chi connectivity index (χ3v) is 18.3. The highest BCUT2D eigenvalue weighted by Crippen LogP contribution is 2.30. The number of aliphatic hydroxyl groups is 8. The lowest BCUT2D eigenvalue weighted by Gasteiger charge is -2.46. The van der Waals surface area contributed by atoms with Crippen LogP contribution in [0.4, 0.5) is 0 Å². The zero-order chi connectivity index (χ0) is 63.8. The van der Waals surface area contributed by atoms with Gasteiger partial charge < -0.3 is 65.1 Å². The maximum Gasteiger partial charge on any atom is 0.220 e. The van der Waals surface area contributed by atoms with Gasteiger partial charge in [0.25, 0.3) is 0 Å². The summed E-state index contributed by atoms with van der Waals surface area (Å²) >= 11 is 0. The van der Waals surface area contributed by atoms with Crippen LogP contribution < -0.4 is 5.32 Å². The highest BCUT2D eigenvalue weighted by molar-refractivity contribution is 5.76.